The molecule has 1 saturated heterocycles. The van der Waals surface area contributed by atoms with E-state index in [2.05, 4.69) is 43.7 Å². The molecule has 2 atom stereocenters. The monoisotopic (exact) mass is 452 g/mol. The lowest BCUT2D eigenvalue weighted by atomic mass is 9.98. The molecule has 1 aromatic heterocycles. The molecule has 6 heteroatoms. The topological polar surface area (TPSA) is 32.3 Å². The van der Waals surface area contributed by atoms with Gasteiger partial charge in [-0.15, -0.1) is 23.1 Å². The van der Waals surface area contributed by atoms with Gasteiger partial charge in [0.15, 0.2) is 0 Å². The van der Waals surface area contributed by atoms with Crippen LogP contribution in [0, 0.1) is 5.92 Å². The number of nitrogens with one attached hydrogen (secondary N) is 1. The van der Waals surface area contributed by atoms with E-state index in [1.54, 1.807) is 11.8 Å². The molecule has 0 radical (unpaired) electrons. The average molecular weight is 453 g/mol. The molecule has 2 aromatic rings. The summed E-state index contributed by atoms with van der Waals surface area (Å²) >= 11 is 6.87. The third kappa shape index (κ3) is 6.12. The van der Waals surface area contributed by atoms with Gasteiger partial charge in [-0.25, -0.2) is 0 Å². The van der Waals surface area contributed by atoms with E-state index in [9.17, 15) is 4.79 Å². The van der Waals surface area contributed by atoms with Crippen LogP contribution in [0.2, 0.25) is 0 Å². The van der Waals surface area contributed by atoms with E-state index < -0.39 is 0 Å². The highest BCUT2D eigenvalue weighted by Crippen LogP contribution is 2.25. The van der Waals surface area contributed by atoms with Crippen LogP contribution in [0.1, 0.15) is 24.6 Å². The van der Waals surface area contributed by atoms with E-state index in [-0.39, 0.29) is 11.2 Å². The lowest BCUT2D eigenvalue weighted by Crippen LogP contribution is -2.42. The number of thiophene rings is 1. The minimum atomic E-state index is -0.0815. The molecule has 3 nitrogen and oxygen atoms in total. The zero-order valence-corrected chi connectivity index (χ0v) is 18.2. The second-order valence-corrected chi connectivity index (χ2v) is 10.1. The van der Waals surface area contributed by atoms with Crippen LogP contribution in [0.3, 0.4) is 0 Å². The van der Waals surface area contributed by atoms with Crippen LogP contribution in [0.25, 0.3) is 0 Å². The Hall–Kier alpha value is -0.820. The quantitative estimate of drug-likeness (QED) is 0.598. The van der Waals surface area contributed by atoms with Gasteiger partial charge in [-0.1, -0.05) is 22.0 Å². The molecule has 1 aliphatic rings. The first-order valence-corrected chi connectivity index (χ1v) is 11.6. The number of carbonyl (C=O) groups is 1. The van der Waals surface area contributed by atoms with E-state index in [0.717, 1.165) is 35.5 Å². The van der Waals surface area contributed by atoms with Crippen LogP contribution in [0.5, 0.6) is 0 Å². The number of thioether (sulfide) groups is 1. The molecule has 2 unspecified atom stereocenters. The first-order chi connectivity index (χ1) is 12.6. The highest BCUT2D eigenvalue weighted by atomic mass is 79.9. The summed E-state index contributed by atoms with van der Waals surface area (Å²) in [4.78, 5) is 17.5. The van der Waals surface area contributed by atoms with E-state index in [1.807, 2.05) is 42.5 Å². The molecule has 2 heterocycles. The Morgan fingerprint density at radius 2 is 2.19 bits per heavy atom. The van der Waals surface area contributed by atoms with Crippen molar-refractivity contribution in [1.29, 1.82) is 0 Å². The maximum absolute atomic E-state index is 12.4. The van der Waals surface area contributed by atoms with Crippen molar-refractivity contribution in [3.8, 4) is 0 Å². The highest BCUT2D eigenvalue weighted by Gasteiger charge is 2.22. The number of likely N-dealkylation sites (tertiary alicyclic amines) is 1. The Balaban J connectivity index is 1.42. The maximum atomic E-state index is 12.4. The Labute approximate surface area is 172 Å². The maximum Gasteiger partial charge on any atom is 0.233 e. The summed E-state index contributed by atoms with van der Waals surface area (Å²) in [5.74, 6) is 0.686. The van der Waals surface area contributed by atoms with E-state index >= 15 is 0 Å². The van der Waals surface area contributed by atoms with Gasteiger partial charge in [0.1, 0.15) is 0 Å². The fraction of sp³-hybridized carbons (Fsp3) is 0.450. The molecule has 0 bridgehead atoms. The van der Waals surface area contributed by atoms with Gasteiger partial charge in [-0.3, -0.25) is 9.69 Å². The summed E-state index contributed by atoms with van der Waals surface area (Å²) in [6, 6.07) is 12.4. The Morgan fingerprint density at radius 1 is 1.38 bits per heavy atom. The van der Waals surface area contributed by atoms with Crippen molar-refractivity contribution < 1.29 is 4.79 Å². The van der Waals surface area contributed by atoms with Gasteiger partial charge in [-0.05, 0) is 67.9 Å². The normalized spacial score (nSPS) is 19.2. The predicted molar refractivity (Wildman–Crippen MR) is 115 cm³/mol. The molecule has 0 aliphatic carbocycles. The third-order valence-electron chi connectivity index (χ3n) is 4.62. The minimum Gasteiger partial charge on any atom is -0.355 e. The number of carbonyl (C=O) groups excluding carboxylic acids is 1. The summed E-state index contributed by atoms with van der Waals surface area (Å²) < 4.78 is 1.06. The number of rotatable bonds is 7. The zero-order valence-electron chi connectivity index (χ0n) is 15.0. The van der Waals surface area contributed by atoms with E-state index in [0.29, 0.717) is 5.92 Å². The second-order valence-electron chi connectivity index (χ2n) is 6.78. The van der Waals surface area contributed by atoms with Gasteiger partial charge in [0.25, 0.3) is 0 Å². The highest BCUT2D eigenvalue weighted by molar-refractivity contribution is 9.10. The zero-order chi connectivity index (χ0) is 18.4. The number of hydrogen-bond donors (Lipinski definition) is 1. The average Bonchev–Trinajstić information content (AvgIpc) is 3.15. The Morgan fingerprint density at radius 3 is 2.92 bits per heavy atom. The van der Waals surface area contributed by atoms with Crippen LogP contribution in [0.15, 0.2) is 51.1 Å². The number of nitrogens with zero attached hydrogens (tertiary/aromatic N) is 1. The summed E-state index contributed by atoms with van der Waals surface area (Å²) in [6.45, 7) is 6.04. The first-order valence-electron chi connectivity index (χ1n) is 9.05. The van der Waals surface area contributed by atoms with Crippen LogP contribution >= 0.6 is 39.0 Å². The van der Waals surface area contributed by atoms with E-state index in [1.165, 1.54) is 17.7 Å². The predicted octanol–water partition coefficient (Wildman–Crippen LogP) is 5.02. The molecule has 0 spiro atoms. The summed E-state index contributed by atoms with van der Waals surface area (Å²) in [5, 5.41) is 5.23. The van der Waals surface area contributed by atoms with Crippen LogP contribution in [0.4, 0.5) is 0 Å². The van der Waals surface area contributed by atoms with Crippen molar-refractivity contribution in [3.63, 3.8) is 0 Å². The van der Waals surface area contributed by atoms with Crippen LogP contribution in [-0.2, 0) is 11.3 Å². The van der Waals surface area contributed by atoms with Gasteiger partial charge in [0, 0.05) is 33.9 Å². The lowest BCUT2D eigenvalue weighted by molar-refractivity contribution is -0.120. The molecule has 3 rings (SSSR count). The Kier molecular flexibility index (Phi) is 7.61. The van der Waals surface area contributed by atoms with Crippen molar-refractivity contribution in [2.45, 2.75) is 36.5 Å². The molecule has 26 heavy (non-hydrogen) atoms. The van der Waals surface area contributed by atoms with Crippen LogP contribution < -0.4 is 5.32 Å². The molecule has 1 N–H and O–H groups in total. The fourth-order valence-corrected chi connectivity index (χ4v) is 5.15. The summed E-state index contributed by atoms with van der Waals surface area (Å²) in [7, 11) is 0. The van der Waals surface area contributed by atoms with Crippen molar-refractivity contribution in [1.82, 2.24) is 10.2 Å². The van der Waals surface area contributed by atoms with Crippen molar-refractivity contribution in [2.24, 2.45) is 5.92 Å². The number of benzene rings is 1. The minimum absolute atomic E-state index is 0.0815. The molecular weight excluding hydrogens is 428 g/mol. The molecular formula is C20H25BrN2OS2. The first kappa shape index (κ1) is 19.9. The SMILES string of the molecule is CC(Sc1ccc(Br)cc1)C(=O)NCC1CCCN(Cc2cccs2)C1. The van der Waals surface area contributed by atoms with Gasteiger partial charge >= 0.3 is 0 Å². The van der Waals surface area contributed by atoms with Gasteiger partial charge in [0.2, 0.25) is 5.91 Å². The van der Waals surface area contributed by atoms with Crippen molar-refractivity contribution in [2.75, 3.05) is 19.6 Å². The molecule has 1 fully saturated rings. The van der Waals surface area contributed by atoms with E-state index in [4.69, 9.17) is 0 Å². The fourth-order valence-electron chi connectivity index (χ4n) is 3.24. The molecule has 1 aromatic carbocycles. The number of amides is 1. The van der Waals surface area contributed by atoms with Crippen molar-refractivity contribution in [3.05, 3.63) is 51.1 Å². The number of halogens is 1. The number of hydrogen-bond acceptors (Lipinski definition) is 4. The molecule has 0 saturated carbocycles. The Bertz CT molecular complexity index is 690. The standard InChI is InChI=1S/C20H25BrN2OS2/c1-15(26-18-8-6-17(21)7-9-18)20(24)22-12-16-4-2-10-23(13-16)14-19-5-3-11-25-19/h3,5-9,11,15-16H,2,4,10,12-14H2,1H3,(H,22,24). The lowest BCUT2D eigenvalue weighted by Gasteiger charge is -2.32. The van der Waals surface area contributed by atoms with Gasteiger partial charge in [-0.2, -0.15) is 0 Å². The number of piperidine rings is 1. The summed E-state index contributed by atoms with van der Waals surface area (Å²) in [6.07, 6.45) is 2.42. The third-order valence-corrected chi connectivity index (χ3v) is 7.13. The molecule has 1 amide bonds. The largest absolute Gasteiger partial charge is 0.355 e. The smallest absolute Gasteiger partial charge is 0.233 e. The van der Waals surface area contributed by atoms with Gasteiger partial charge < -0.3 is 5.32 Å². The van der Waals surface area contributed by atoms with Crippen LogP contribution in [-0.4, -0.2) is 35.7 Å². The molecule has 140 valence electrons. The van der Waals surface area contributed by atoms with Gasteiger partial charge in [0.05, 0.1) is 5.25 Å². The van der Waals surface area contributed by atoms with Crippen molar-refractivity contribution >= 4 is 44.9 Å². The molecule has 1 aliphatic heterocycles. The summed E-state index contributed by atoms with van der Waals surface area (Å²) in [5.41, 5.74) is 0. The second kappa shape index (κ2) is 9.93.